The van der Waals surface area contributed by atoms with E-state index in [2.05, 4.69) is 0 Å². The van der Waals surface area contributed by atoms with Gasteiger partial charge in [-0.2, -0.15) is 0 Å². The summed E-state index contributed by atoms with van der Waals surface area (Å²) in [5, 5.41) is 0. The van der Waals surface area contributed by atoms with Gasteiger partial charge in [0.2, 0.25) is 0 Å². The minimum absolute atomic E-state index is 0. The first-order chi connectivity index (χ1) is 2.00. The first kappa shape index (κ1) is 10.2. The Hall–Kier alpha value is 1.21. The van der Waals surface area contributed by atoms with Crippen LogP contribution in [0.2, 0.25) is 0 Å². The summed E-state index contributed by atoms with van der Waals surface area (Å²) < 4.78 is 34.5. The molecule has 0 amide bonds. The first-order valence-corrected chi connectivity index (χ1v) is 3.94. The molecule has 0 aliphatic heterocycles. The predicted octanol–water partition coefficient (Wildman–Crippen LogP) is -5.50. The fourth-order valence-electron chi connectivity index (χ4n) is 0. The van der Waals surface area contributed by atoms with Crippen molar-refractivity contribution in [3.63, 3.8) is 0 Å². The molecule has 0 atom stereocenters. The second-order valence-electron chi connectivity index (χ2n) is 0.408. The molecular formula is HMoNaO4. The number of hydrogen-bond acceptors (Lipinski definition) is 4. The van der Waals surface area contributed by atoms with Gasteiger partial charge in [0, 0.05) is 0 Å². The van der Waals surface area contributed by atoms with Crippen LogP contribution in [0.15, 0.2) is 0 Å². The molecule has 0 radical (unpaired) electrons. The van der Waals surface area contributed by atoms with Crippen LogP contribution in [-0.2, 0) is 23.5 Å². The van der Waals surface area contributed by atoms with Gasteiger partial charge in [0.25, 0.3) is 0 Å². The molecule has 0 heterocycles. The Bertz CT molecular complexity index is 94.9. The van der Waals surface area contributed by atoms with E-state index >= 15 is 0 Å². The van der Waals surface area contributed by atoms with E-state index < -0.39 is 16.7 Å². The Labute approximate surface area is 61.7 Å². The van der Waals surface area contributed by atoms with Crippen molar-refractivity contribution in [2.24, 2.45) is 0 Å². The molecule has 0 unspecified atom stereocenters. The maximum atomic E-state index is 8.63. The second-order valence-corrected chi connectivity index (χ2v) is 2.42. The zero-order valence-corrected chi connectivity index (χ0v) is 7.05. The molecule has 6 heavy (non-hydrogen) atoms. The molecule has 0 aromatic rings. The summed E-state index contributed by atoms with van der Waals surface area (Å²) >= 11 is -6.02. The van der Waals surface area contributed by atoms with Gasteiger partial charge in [0.1, 0.15) is 0 Å². The summed E-state index contributed by atoms with van der Waals surface area (Å²) in [6.45, 7) is 0. The van der Waals surface area contributed by atoms with Gasteiger partial charge in [-0.25, -0.2) is 0 Å². The molecule has 0 fully saturated rings. The van der Waals surface area contributed by atoms with Crippen LogP contribution in [0.5, 0.6) is 0 Å². The Morgan fingerprint density at radius 2 is 1.33 bits per heavy atom. The summed E-state index contributed by atoms with van der Waals surface area (Å²) in [4.78, 5) is 0. The average Bonchev–Trinajstić information content (AvgIpc) is 0.722. The van der Waals surface area contributed by atoms with E-state index in [1.165, 1.54) is 0 Å². The molecule has 4 nitrogen and oxygen atoms in total. The van der Waals surface area contributed by atoms with Crippen LogP contribution in [0, 0.1) is 0 Å². The third-order valence-corrected chi connectivity index (χ3v) is 0. The molecule has 6 heteroatoms. The van der Waals surface area contributed by atoms with E-state index in [1.807, 2.05) is 0 Å². The third-order valence-electron chi connectivity index (χ3n) is 0. The predicted molar refractivity (Wildman–Crippen MR) is 2.49 cm³/mol. The van der Waals surface area contributed by atoms with Crippen LogP contribution in [0.4, 0.5) is 0 Å². The van der Waals surface area contributed by atoms with Crippen LogP contribution in [0.25, 0.3) is 0 Å². The van der Waals surface area contributed by atoms with Crippen molar-refractivity contribution in [3.8, 4) is 0 Å². The van der Waals surface area contributed by atoms with Crippen molar-refractivity contribution >= 4 is 0 Å². The average molecular weight is 184 g/mol. The van der Waals surface area contributed by atoms with Gasteiger partial charge in [-0.1, -0.05) is 0 Å². The molecule has 0 saturated carbocycles. The van der Waals surface area contributed by atoms with Crippen LogP contribution in [0.3, 0.4) is 0 Å². The molecule has 0 rings (SSSR count). The van der Waals surface area contributed by atoms with E-state index in [1.54, 1.807) is 0 Å². The van der Waals surface area contributed by atoms with E-state index in [9.17, 15) is 0 Å². The van der Waals surface area contributed by atoms with Crippen molar-refractivity contribution in [3.05, 3.63) is 0 Å². The molecule has 0 aromatic heterocycles. The summed E-state index contributed by atoms with van der Waals surface area (Å²) in [6.07, 6.45) is 0. The molecular weight excluding hydrogens is 183 g/mol. The van der Waals surface area contributed by atoms with Crippen LogP contribution >= 0.6 is 0 Å². The third kappa shape index (κ3) is 63.2. The zero-order chi connectivity index (χ0) is 4.50. The quantitative estimate of drug-likeness (QED) is 0.351. The van der Waals surface area contributed by atoms with Gasteiger partial charge in [-0.05, 0) is 0 Å². The number of rotatable bonds is 0. The van der Waals surface area contributed by atoms with Crippen molar-refractivity contribution in [1.82, 2.24) is 0 Å². The summed E-state index contributed by atoms with van der Waals surface area (Å²) in [7, 11) is 0. The minimum atomic E-state index is -6.02. The maximum absolute atomic E-state index is 8.63. The van der Waals surface area contributed by atoms with Gasteiger partial charge in [-0.15, -0.1) is 0 Å². The molecule has 32 valence electrons. The fourth-order valence-corrected chi connectivity index (χ4v) is 0. The van der Waals surface area contributed by atoms with Crippen molar-refractivity contribution in [1.29, 1.82) is 0 Å². The second kappa shape index (κ2) is 3.24. The Balaban J connectivity index is -0.0000000800. The summed E-state index contributed by atoms with van der Waals surface area (Å²) in [5.41, 5.74) is 0. The molecule has 0 saturated heterocycles. The Morgan fingerprint density at radius 1 is 1.33 bits per heavy atom. The standard InChI is InChI=1S/Mo.Na.4O/q;+1;;;2*-1/p+1. The monoisotopic (exact) mass is 186 g/mol. The van der Waals surface area contributed by atoms with Crippen LogP contribution in [-0.4, -0.2) is 0 Å². The summed E-state index contributed by atoms with van der Waals surface area (Å²) in [6, 6.07) is 0. The fraction of sp³-hybridized carbons (Fsp3) is 0. The molecule has 0 aliphatic rings. The molecule has 0 spiro atoms. The van der Waals surface area contributed by atoms with E-state index in [-0.39, 0.29) is 31.0 Å². The normalized spacial score (nSPS) is 9.67. The molecule has 0 aliphatic carbocycles. The van der Waals surface area contributed by atoms with Crippen molar-refractivity contribution in [2.75, 3.05) is 0 Å². The van der Waals surface area contributed by atoms with Crippen molar-refractivity contribution in [2.45, 2.75) is 0 Å². The topological polar surface area (TPSA) is 80.3 Å². The van der Waals surface area contributed by atoms with Gasteiger partial charge >= 0.3 is 62.0 Å². The SMILES string of the molecule is [H+].[Na+].[O]=[Mo](=[O])([O-])[O-]. The molecule has 0 N–H and O–H groups in total. The van der Waals surface area contributed by atoms with E-state index in [0.717, 1.165) is 0 Å². The van der Waals surface area contributed by atoms with Crippen molar-refractivity contribution < 1.29 is 62.0 Å². The first-order valence-electron chi connectivity index (χ1n) is 0.667. The van der Waals surface area contributed by atoms with Crippen LogP contribution < -0.4 is 37.1 Å². The van der Waals surface area contributed by atoms with E-state index in [4.69, 9.17) is 14.3 Å². The van der Waals surface area contributed by atoms with E-state index in [0.29, 0.717) is 0 Å². The molecule has 0 aromatic carbocycles. The van der Waals surface area contributed by atoms with Gasteiger partial charge in [0.05, 0.1) is 0 Å². The van der Waals surface area contributed by atoms with Gasteiger partial charge < -0.3 is 0 Å². The van der Waals surface area contributed by atoms with Gasteiger partial charge in [0.15, 0.2) is 0 Å². The summed E-state index contributed by atoms with van der Waals surface area (Å²) in [5.74, 6) is 0. The Kier molecular flexibility index (Phi) is 5.53. The zero-order valence-electron chi connectivity index (χ0n) is 4.04. The Morgan fingerprint density at radius 3 is 1.33 bits per heavy atom. The molecule has 0 bridgehead atoms. The number of hydrogen-bond donors (Lipinski definition) is 0. The van der Waals surface area contributed by atoms with Crippen LogP contribution in [0.1, 0.15) is 1.43 Å². The van der Waals surface area contributed by atoms with Gasteiger partial charge in [-0.3, -0.25) is 0 Å².